The van der Waals surface area contributed by atoms with Crippen LogP contribution in [0.15, 0.2) is 0 Å². The Morgan fingerprint density at radius 2 is 1.47 bits per heavy atom. The molecule has 0 aromatic rings. The number of hydrogen-bond donors (Lipinski definition) is 1. The van der Waals surface area contributed by atoms with E-state index in [2.05, 4.69) is 31.9 Å². The van der Waals surface area contributed by atoms with Gasteiger partial charge in [0.25, 0.3) is 0 Å². The molecule has 2 atom stereocenters. The van der Waals surface area contributed by atoms with Crippen molar-refractivity contribution in [2.24, 2.45) is 0 Å². The van der Waals surface area contributed by atoms with Crippen molar-refractivity contribution >= 4 is 39.7 Å². The number of phosphoric ester groups is 1. The van der Waals surface area contributed by atoms with E-state index in [1.807, 2.05) is 13.8 Å². The summed E-state index contributed by atoms with van der Waals surface area (Å²) < 4.78 is 21.5. The average Bonchev–Trinajstić information content (AvgIpc) is 2.22. The van der Waals surface area contributed by atoms with E-state index in [1.54, 1.807) is 0 Å². The van der Waals surface area contributed by atoms with Gasteiger partial charge in [-0.25, -0.2) is 4.57 Å². The van der Waals surface area contributed by atoms with E-state index in [0.717, 1.165) is 0 Å². The van der Waals surface area contributed by atoms with Crippen LogP contribution in [0.25, 0.3) is 0 Å². The van der Waals surface area contributed by atoms with Gasteiger partial charge in [-0.05, 0) is 12.8 Å². The highest BCUT2D eigenvalue weighted by atomic mass is 79.9. The van der Waals surface area contributed by atoms with Crippen LogP contribution in [-0.4, -0.2) is 27.8 Å². The van der Waals surface area contributed by atoms with E-state index in [-0.39, 0.29) is 12.2 Å². The fourth-order valence-corrected chi connectivity index (χ4v) is 3.66. The highest BCUT2D eigenvalue weighted by molar-refractivity contribution is 9.09. The first kappa shape index (κ1) is 16.1. The van der Waals surface area contributed by atoms with Gasteiger partial charge in [-0.1, -0.05) is 45.7 Å². The maximum atomic E-state index is 11.5. The molecule has 0 saturated heterocycles. The second-order valence-corrected chi connectivity index (χ2v) is 5.70. The molecular formula is C8H17Br2O4P. The lowest BCUT2D eigenvalue weighted by Crippen LogP contribution is -2.17. The SMILES string of the molecule is CCC(CBr)OP(=O)(O)OC(CC)CBr. The van der Waals surface area contributed by atoms with Crippen LogP contribution < -0.4 is 0 Å². The normalized spacial score (nSPS) is 19.5. The zero-order valence-electron chi connectivity index (χ0n) is 8.86. The molecule has 0 rings (SSSR count). The minimum Gasteiger partial charge on any atom is -0.302 e. The van der Waals surface area contributed by atoms with E-state index in [9.17, 15) is 9.46 Å². The molecule has 0 spiro atoms. The molecule has 0 aliphatic carbocycles. The summed E-state index contributed by atoms with van der Waals surface area (Å²) in [5.74, 6) is 0. The third-order valence-corrected chi connectivity index (χ3v) is 4.39. The van der Waals surface area contributed by atoms with Gasteiger partial charge in [-0.15, -0.1) is 0 Å². The second-order valence-electron chi connectivity index (χ2n) is 3.05. The Kier molecular flexibility index (Phi) is 8.79. The highest BCUT2D eigenvalue weighted by Crippen LogP contribution is 2.47. The molecule has 0 fully saturated rings. The highest BCUT2D eigenvalue weighted by Gasteiger charge is 2.28. The van der Waals surface area contributed by atoms with Crippen LogP contribution in [0.2, 0.25) is 0 Å². The third-order valence-electron chi connectivity index (χ3n) is 1.82. The van der Waals surface area contributed by atoms with Crippen LogP contribution in [0, 0.1) is 0 Å². The molecule has 1 N–H and O–H groups in total. The summed E-state index contributed by atoms with van der Waals surface area (Å²) in [7, 11) is -3.93. The van der Waals surface area contributed by atoms with Crippen molar-refractivity contribution in [2.45, 2.75) is 38.9 Å². The van der Waals surface area contributed by atoms with E-state index in [4.69, 9.17) is 9.05 Å². The quantitative estimate of drug-likeness (QED) is 0.527. The lowest BCUT2D eigenvalue weighted by atomic mass is 10.3. The number of alkyl halides is 2. The molecule has 0 radical (unpaired) electrons. The molecule has 15 heavy (non-hydrogen) atoms. The molecule has 0 aromatic carbocycles. The van der Waals surface area contributed by atoms with Crippen molar-refractivity contribution in [1.82, 2.24) is 0 Å². The van der Waals surface area contributed by atoms with Crippen molar-refractivity contribution in [2.75, 3.05) is 10.7 Å². The van der Waals surface area contributed by atoms with E-state index < -0.39 is 7.82 Å². The molecule has 7 heteroatoms. The summed E-state index contributed by atoms with van der Waals surface area (Å²) in [5.41, 5.74) is 0. The molecule has 0 saturated carbocycles. The summed E-state index contributed by atoms with van der Waals surface area (Å²) in [6.45, 7) is 3.77. The maximum absolute atomic E-state index is 11.5. The number of rotatable bonds is 8. The van der Waals surface area contributed by atoms with Gasteiger partial charge in [0.2, 0.25) is 0 Å². The molecule has 4 nitrogen and oxygen atoms in total. The standard InChI is InChI=1S/C8H17Br2O4P/c1-3-7(5-9)13-15(11,12)14-8(4-2)6-10/h7-8H,3-6H2,1-2H3,(H,11,12). The van der Waals surface area contributed by atoms with Crippen molar-refractivity contribution in [1.29, 1.82) is 0 Å². The number of hydrogen-bond acceptors (Lipinski definition) is 3. The van der Waals surface area contributed by atoms with Crippen LogP contribution in [0.1, 0.15) is 26.7 Å². The topological polar surface area (TPSA) is 55.8 Å². The van der Waals surface area contributed by atoms with Crippen LogP contribution >= 0.6 is 39.7 Å². The van der Waals surface area contributed by atoms with Crippen LogP contribution in [0.4, 0.5) is 0 Å². The summed E-state index contributed by atoms with van der Waals surface area (Å²) in [5, 5.41) is 1.03. The van der Waals surface area contributed by atoms with Crippen LogP contribution in [0.5, 0.6) is 0 Å². The second kappa shape index (κ2) is 8.20. The number of halogens is 2. The van der Waals surface area contributed by atoms with Crippen molar-refractivity contribution in [3.8, 4) is 0 Å². The lowest BCUT2D eigenvalue weighted by Gasteiger charge is -2.21. The van der Waals surface area contributed by atoms with Gasteiger partial charge in [-0.2, -0.15) is 0 Å². The Hall–Kier alpha value is 1.07. The lowest BCUT2D eigenvalue weighted by molar-refractivity contribution is 0.0872. The van der Waals surface area contributed by atoms with Gasteiger partial charge in [0.15, 0.2) is 0 Å². The molecule has 0 aliphatic heterocycles. The molecule has 92 valence electrons. The van der Waals surface area contributed by atoms with Gasteiger partial charge < -0.3 is 4.89 Å². The van der Waals surface area contributed by atoms with Crippen LogP contribution in [0.3, 0.4) is 0 Å². The average molecular weight is 368 g/mol. The van der Waals surface area contributed by atoms with Gasteiger partial charge in [0.1, 0.15) is 0 Å². The summed E-state index contributed by atoms with van der Waals surface area (Å²) in [6.07, 6.45) is 0.719. The minimum atomic E-state index is -3.93. The first-order valence-corrected chi connectivity index (χ1v) is 8.54. The van der Waals surface area contributed by atoms with Gasteiger partial charge in [0.05, 0.1) is 12.2 Å². The third kappa shape index (κ3) is 7.08. The van der Waals surface area contributed by atoms with Gasteiger partial charge >= 0.3 is 7.82 Å². The number of phosphoric acid groups is 1. The van der Waals surface area contributed by atoms with Crippen molar-refractivity contribution in [3.05, 3.63) is 0 Å². The zero-order valence-corrected chi connectivity index (χ0v) is 12.9. The fourth-order valence-electron chi connectivity index (χ4n) is 0.825. The minimum absolute atomic E-state index is 0.298. The predicted molar refractivity (Wildman–Crippen MR) is 67.7 cm³/mol. The molecule has 2 unspecified atom stereocenters. The van der Waals surface area contributed by atoms with Crippen LogP contribution in [-0.2, 0) is 13.6 Å². The maximum Gasteiger partial charge on any atom is 0.472 e. The monoisotopic (exact) mass is 366 g/mol. The Morgan fingerprint density at radius 3 is 1.67 bits per heavy atom. The summed E-state index contributed by atoms with van der Waals surface area (Å²) in [6, 6.07) is 0. The van der Waals surface area contributed by atoms with Crippen molar-refractivity contribution in [3.63, 3.8) is 0 Å². The fraction of sp³-hybridized carbons (Fsp3) is 1.00. The molecule has 0 amide bonds. The van der Waals surface area contributed by atoms with Gasteiger partial charge in [-0.3, -0.25) is 9.05 Å². The first-order valence-electron chi connectivity index (χ1n) is 4.80. The predicted octanol–water partition coefficient (Wildman–Crippen LogP) is 3.47. The Balaban J connectivity index is 4.21. The summed E-state index contributed by atoms with van der Waals surface area (Å²) >= 11 is 6.41. The molecule has 0 heterocycles. The first-order chi connectivity index (χ1) is 6.99. The molecule has 0 aromatic heterocycles. The molecular weight excluding hydrogens is 351 g/mol. The summed E-state index contributed by atoms with van der Waals surface area (Å²) in [4.78, 5) is 9.45. The van der Waals surface area contributed by atoms with E-state index in [0.29, 0.717) is 23.5 Å². The van der Waals surface area contributed by atoms with Gasteiger partial charge in [0, 0.05) is 10.7 Å². The largest absolute Gasteiger partial charge is 0.472 e. The Bertz CT molecular complexity index is 189. The molecule has 0 aliphatic rings. The van der Waals surface area contributed by atoms with E-state index >= 15 is 0 Å². The van der Waals surface area contributed by atoms with Crippen molar-refractivity contribution < 1.29 is 18.5 Å². The van der Waals surface area contributed by atoms with E-state index in [1.165, 1.54) is 0 Å². The molecule has 0 bridgehead atoms. The Labute approximate surface area is 108 Å². The smallest absolute Gasteiger partial charge is 0.302 e. The Morgan fingerprint density at radius 1 is 1.13 bits per heavy atom. The zero-order chi connectivity index (χ0) is 11.9.